The molecule has 18 heavy (non-hydrogen) atoms. The maximum Gasteiger partial charge on any atom is 0.189 e. The minimum Gasteiger partial charge on any atom is -0.370 e. The van der Waals surface area contributed by atoms with Gasteiger partial charge in [-0.15, -0.1) is 24.0 Å². The van der Waals surface area contributed by atoms with Crippen LogP contribution in [0.25, 0.3) is 0 Å². The summed E-state index contributed by atoms with van der Waals surface area (Å²) in [6.07, 6.45) is 0. The normalized spacial score (nSPS) is 11.9. The third kappa shape index (κ3) is 6.18. The molecule has 3 N–H and O–H groups in total. The molecule has 0 fully saturated rings. The second-order valence-electron chi connectivity index (χ2n) is 5.16. The summed E-state index contributed by atoms with van der Waals surface area (Å²) in [4.78, 5) is 4.17. The van der Waals surface area contributed by atoms with Crippen LogP contribution < -0.4 is 11.1 Å². The van der Waals surface area contributed by atoms with Gasteiger partial charge >= 0.3 is 0 Å². The van der Waals surface area contributed by atoms with Crippen LogP contribution in [0.4, 0.5) is 4.39 Å². The third-order valence-electron chi connectivity index (χ3n) is 2.17. The van der Waals surface area contributed by atoms with Crippen molar-refractivity contribution in [3.05, 3.63) is 35.1 Å². The zero-order chi connectivity index (χ0) is 13.1. The molecule has 1 aromatic carbocycles. The number of nitrogens with zero attached hydrogens (tertiary/aromatic N) is 1. The Morgan fingerprint density at radius 1 is 1.39 bits per heavy atom. The van der Waals surface area contributed by atoms with Crippen molar-refractivity contribution < 1.29 is 4.39 Å². The third-order valence-corrected chi connectivity index (χ3v) is 2.17. The lowest BCUT2D eigenvalue weighted by atomic mass is 10.1. The summed E-state index contributed by atoms with van der Waals surface area (Å²) in [5, 5.41) is 3.05. The molecule has 0 spiro atoms. The molecule has 0 saturated carbocycles. The number of hydrogen-bond donors (Lipinski definition) is 2. The zero-order valence-corrected chi connectivity index (χ0v) is 13.6. The van der Waals surface area contributed by atoms with Gasteiger partial charge in [0.15, 0.2) is 5.96 Å². The summed E-state index contributed by atoms with van der Waals surface area (Å²) in [7, 11) is 0. The first-order chi connectivity index (χ1) is 7.78. The Balaban J connectivity index is 0.00000289. The van der Waals surface area contributed by atoms with Crippen molar-refractivity contribution in [2.75, 3.05) is 0 Å². The van der Waals surface area contributed by atoms with Crippen molar-refractivity contribution in [1.82, 2.24) is 5.32 Å². The lowest BCUT2D eigenvalue weighted by Gasteiger charge is -2.20. The quantitative estimate of drug-likeness (QED) is 0.481. The van der Waals surface area contributed by atoms with E-state index in [1.165, 1.54) is 6.07 Å². The first-order valence-electron chi connectivity index (χ1n) is 5.61. The van der Waals surface area contributed by atoms with E-state index in [-0.39, 0.29) is 35.3 Å². The van der Waals surface area contributed by atoms with E-state index in [1.807, 2.05) is 26.8 Å². The maximum absolute atomic E-state index is 13.3. The van der Waals surface area contributed by atoms with E-state index in [1.54, 1.807) is 13.0 Å². The van der Waals surface area contributed by atoms with Crippen molar-refractivity contribution in [2.24, 2.45) is 10.7 Å². The molecule has 0 unspecified atom stereocenters. The highest BCUT2D eigenvalue weighted by Crippen LogP contribution is 2.10. The Morgan fingerprint density at radius 2 is 2.00 bits per heavy atom. The summed E-state index contributed by atoms with van der Waals surface area (Å²) in [6, 6.07) is 5.09. The molecule has 0 aliphatic carbocycles. The van der Waals surface area contributed by atoms with Crippen LogP contribution in [0.15, 0.2) is 23.2 Å². The molecule has 0 amide bonds. The second-order valence-corrected chi connectivity index (χ2v) is 5.16. The van der Waals surface area contributed by atoms with Crippen molar-refractivity contribution >= 4 is 29.9 Å². The van der Waals surface area contributed by atoms with Gasteiger partial charge in [-0.05, 0) is 44.9 Å². The smallest absolute Gasteiger partial charge is 0.189 e. The van der Waals surface area contributed by atoms with Crippen LogP contribution >= 0.6 is 24.0 Å². The Bertz CT molecular complexity index is 425. The van der Waals surface area contributed by atoms with Crippen LogP contribution in [0.3, 0.4) is 0 Å². The van der Waals surface area contributed by atoms with E-state index in [9.17, 15) is 4.39 Å². The van der Waals surface area contributed by atoms with Gasteiger partial charge in [0.1, 0.15) is 5.82 Å². The SMILES string of the molecule is Cc1ccc(CN=C(N)NC(C)(C)C)cc1F.I. The molecule has 0 aliphatic heterocycles. The van der Waals surface area contributed by atoms with Crippen molar-refractivity contribution in [3.8, 4) is 0 Å². The highest BCUT2D eigenvalue weighted by Gasteiger charge is 2.09. The molecule has 1 rings (SSSR count). The van der Waals surface area contributed by atoms with Crippen LogP contribution in [0.1, 0.15) is 31.9 Å². The Kier molecular flexibility index (Phi) is 6.59. The first kappa shape index (κ1) is 17.2. The highest BCUT2D eigenvalue weighted by molar-refractivity contribution is 14.0. The number of hydrogen-bond acceptors (Lipinski definition) is 1. The number of aryl methyl sites for hydroxylation is 1. The van der Waals surface area contributed by atoms with Gasteiger partial charge in [-0.25, -0.2) is 9.38 Å². The van der Waals surface area contributed by atoms with E-state index in [2.05, 4.69) is 10.3 Å². The predicted octanol–water partition coefficient (Wildman–Crippen LogP) is 2.95. The Labute approximate surface area is 125 Å². The number of aliphatic imine (C=N–C) groups is 1. The molecule has 0 saturated heterocycles. The van der Waals surface area contributed by atoms with E-state index in [4.69, 9.17) is 5.73 Å². The molecular formula is C13H21FIN3. The fourth-order valence-electron chi connectivity index (χ4n) is 1.33. The molecule has 0 heterocycles. The number of nitrogens with one attached hydrogen (secondary N) is 1. The van der Waals surface area contributed by atoms with Gasteiger partial charge in [0, 0.05) is 5.54 Å². The summed E-state index contributed by atoms with van der Waals surface area (Å²) in [5.74, 6) is 0.165. The lowest BCUT2D eigenvalue weighted by Crippen LogP contribution is -2.44. The topological polar surface area (TPSA) is 50.4 Å². The predicted molar refractivity (Wildman–Crippen MR) is 84.8 cm³/mol. The molecule has 3 nitrogen and oxygen atoms in total. The molecule has 0 radical (unpaired) electrons. The number of benzene rings is 1. The largest absolute Gasteiger partial charge is 0.370 e. The van der Waals surface area contributed by atoms with E-state index in [0.717, 1.165) is 5.56 Å². The van der Waals surface area contributed by atoms with Gasteiger partial charge in [0.25, 0.3) is 0 Å². The first-order valence-corrected chi connectivity index (χ1v) is 5.61. The molecule has 102 valence electrons. The van der Waals surface area contributed by atoms with Gasteiger partial charge in [0.2, 0.25) is 0 Å². The van der Waals surface area contributed by atoms with Gasteiger partial charge in [-0.2, -0.15) is 0 Å². The van der Waals surface area contributed by atoms with Gasteiger partial charge in [0.05, 0.1) is 6.54 Å². The highest BCUT2D eigenvalue weighted by atomic mass is 127. The van der Waals surface area contributed by atoms with Crippen LogP contribution in [-0.2, 0) is 6.54 Å². The monoisotopic (exact) mass is 365 g/mol. The van der Waals surface area contributed by atoms with Crippen LogP contribution in [0.2, 0.25) is 0 Å². The standard InChI is InChI=1S/C13H20FN3.HI/c1-9-5-6-10(7-11(9)14)8-16-12(15)17-13(2,3)4;/h5-7H,8H2,1-4H3,(H3,15,16,17);1H. The molecule has 0 atom stereocenters. The molecule has 0 aromatic heterocycles. The summed E-state index contributed by atoms with van der Waals surface area (Å²) < 4.78 is 13.3. The van der Waals surface area contributed by atoms with Crippen molar-refractivity contribution in [1.29, 1.82) is 0 Å². The van der Waals surface area contributed by atoms with E-state index >= 15 is 0 Å². The average molecular weight is 365 g/mol. The number of rotatable bonds is 2. The summed E-state index contributed by atoms with van der Waals surface area (Å²) in [5.41, 5.74) is 7.05. The summed E-state index contributed by atoms with van der Waals surface area (Å²) >= 11 is 0. The molecule has 5 heteroatoms. The fraction of sp³-hybridized carbons (Fsp3) is 0.462. The van der Waals surface area contributed by atoms with Gasteiger partial charge in [-0.1, -0.05) is 12.1 Å². The molecular weight excluding hydrogens is 344 g/mol. The van der Waals surface area contributed by atoms with Gasteiger partial charge in [-0.3, -0.25) is 0 Å². The Hall–Kier alpha value is -0.850. The van der Waals surface area contributed by atoms with Crippen molar-refractivity contribution in [3.63, 3.8) is 0 Å². The fourth-order valence-corrected chi connectivity index (χ4v) is 1.33. The lowest BCUT2D eigenvalue weighted by molar-refractivity contribution is 0.508. The van der Waals surface area contributed by atoms with E-state index in [0.29, 0.717) is 18.1 Å². The number of halogens is 2. The molecule has 0 aliphatic rings. The number of nitrogens with two attached hydrogens (primary N) is 1. The maximum atomic E-state index is 13.3. The number of guanidine groups is 1. The van der Waals surface area contributed by atoms with Crippen molar-refractivity contribution in [2.45, 2.75) is 39.8 Å². The van der Waals surface area contributed by atoms with Crippen LogP contribution in [0.5, 0.6) is 0 Å². The average Bonchev–Trinajstić information content (AvgIpc) is 2.17. The Morgan fingerprint density at radius 3 is 2.50 bits per heavy atom. The second kappa shape index (κ2) is 6.92. The summed E-state index contributed by atoms with van der Waals surface area (Å²) in [6.45, 7) is 8.12. The van der Waals surface area contributed by atoms with Crippen LogP contribution in [-0.4, -0.2) is 11.5 Å². The zero-order valence-electron chi connectivity index (χ0n) is 11.2. The van der Waals surface area contributed by atoms with Gasteiger partial charge < -0.3 is 11.1 Å². The minimum absolute atomic E-state index is 0. The van der Waals surface area contributed by atoms with Crippen LogP contribution in [0, 0.1) is 12.7 Å². The minimum atomic E-state index is -0.208. The van der Waals surface area contributed by atoms with E-state index < -0.39 is 0 Å². The molecule has 0 bridgehead atoms. The molecule has 1 aromatic rings.